The number of amides is 2. The molecule has 5 aromatic rings. The lowest BCUT2D eigenvalue weighted by Crippen LogP contribution is -2.71. The van der Waals surface area contributed by atoms with Gasteiger partial charge in [0.15, 0.2) is 5.66 Å². The molecule has 216 valence electrons. The fourth-order valence-corrected chi connectivity index (χ4v) is 6.45. The monoisotopic (exact) mass is 590 g/mol. The highest BCUT2D eigenvalue weighted by atomic mass is 35.5. The van der Waals surface area contributed by atoms with E-state index < -0.39 is 11.6 Å². The second-order valence-electron chi connectivity index (χ2n) is 10.8. The summed E-state index contributed by atoms with van der Waals surface area (Å²) in [5.41, 5.74) is 3.07. The Bertz CT molecular complexity index is 1900. The van der Waals surface area contributed by atoms with Crippen LogP contribution in [0.2, 0.25) is 5.02 Å². The number of nitrogens with zero attached hydrogens (tertiary/aromatic N) is 2. The van der Waals surface area contributed by atoms with Gasteiger partial charge in [-0.05, 0) is 53.4 Å². The number of carbonyl (C=O) groups excluding carboxylic acids is 2. The van der Waals surface area contributed by atoms with Crippen molar-refractivity contribution < 1.29 is 9.59 Å². The van der Waals surface area contributed by atoms with E-state index in [9.17, 15) is 14.9 Å². The third kappa shape index (κ3) is 5.18. The molecular weight excluding hydrogens is 560 g/mol. The maximum atomic E-state index is 14.9. The van der Waals surface area contributed by atoms with Crippen LogP contribution in [0.25, 0.3) is 21.8 Å². The summed E-state index contributed by atoms with van der Waals surface area (Å²) >= 11 is 6.46. The second-order valence-corrected chi connectivity index (χ2v) is 11.2. The number of H-pyrrole nitrogens is 2. The third-order valence-electron chi connectivity index (χ3n) is 8.17. The molecule has 2 amide bonds. The largest absolute Gasteiger partial charge is 0.361 e. The van der Waals surface area contributed by atoms with E-state index in [0.29, 0.717) is 30.1 Å². The first-order valence-corrected chi connectivity index (χ1v) is 14.6. The zero-order chi connectivity index (χ0) is 30.0. The minimum absolute atomic E-state index is 0.177. The highest BCUT2D eigenvalue weighted by molar-refractivity contribution is 6.31. The van der Waals surface area contributed by atoms with Gasteiger partial charge in [0.1, 0.15) is 0 Å². The van der Waals surface area contributed by atoms with Gasteiger partial charge in [0, 0.05) is 65.8 Å². The smallest absolute Gasteiger partial charge is 0.262 e. The Labute approximate surface area is 254 Å². The van der Waals surface area contributed by atoms with Crippen LogP contribution < -0.4 is 10.6 Å². The van der Waals surface area contributed by atoms with Crippen molar-refractivity contribution in [3.8, 4) is 6.07 Å². The van der Waals surface area contributed by atoms with E-state index in [-0.39, 0.29) is 18.4 Å². The van der Waals surface area contributed by atoms with Crippen LogP contribution in [0, 0.1) is 11.3 Å². The molecule has 9 heteroatoms. The zero-order valence-corrected chi connectivity index (χ0v) is 24.4. The number of rotatable bonds is 8. The first-order chi connectivity index (χ1) is 20.9. The van der Waals surface area contributed by atoms with Gasteiger partial charge in [0.05, 0.1) is 17.6 Å². The van der Waals surface area contributed by atoms with Crippen molar-refractivity contribution >= 4 is 45.2 Å². The van der Waals surface area contributed by atoms with E-state index >= 15 is 0 Å². The fourth-order valence-electron chi connectivity index (χ4n) is 6.25. The number of hydrogen-bond donors (Lipinski definition) is 4. The molecule has 0 saturated carbocycles. The molecule has 0 radical (unpaired) electrons. The van der Waals surface area contributed by atoms with Gasteiger partial charge in [-0.1, -0.05) is 60.2 Å². The first-order valence-electron chi connectivity index (χ1n) is 14.2. The van der Waals surface area contributed by atoms with Crippen molar-refractivity contribution in [2.45, 2.75) is 31.5 Å². The number of aromatic nitrogens is 2. The summed E-state index contributed by atoms with van der Waals surface area (Å²) in [5, 5.41) is 18.3. The van der Waals surface area contributed by atoms with Gasteiger partial charge in [-0.3, -0.25) is 14.5 Å². The van der Waals surface area contributed by atoms with E-state index in [1.54, 1.807) is 12.1 Å². The Morgan fingerprint density at radius 1 is 1.00 bits per heavy atom. The minimum Gasteiger partial charge on any atom is -0.361 e. The molecule has 0 fully saturated rings. The summed E-state index contributed by atoms with van der Waals surface area (Å²) in [4.78, 5) is 36.9. The first kappa shape index (κ1) is 28.3. The number of hydrogen-bond acceptors (Lipinski definition) is 4. The summed E-state index contributed by atoms with van der Waals surface area (Å²) in [6.45, 7) is 2.60. The molecular formula is C34H31ClN6O2. The molecule has 2 aromatic heterocycles. The molecule has 3 aromatic carbocycles. The van der Waals surface area contributed by atoms with Crippen LogP contribution in [0.15, 0.2) is 91.3 Å². The summed E-state index contributed by atoms with van der Waals surface area (Å²) in [5.74, 6) is -1.39. The Kier molecular flexibility index (Phi) is 7.76. The lowest BCUT2D eigenvalue weighted by Gasteiger charge is -2.48. The summed E-state index contributed by atoms with van der Waals surface area (Å²) in [7, 11) is 0. The van der Waals surface area contributed by atoms with Gasteiger partial charge in [-0.25, -0.2) is 0 Å². The van der Waals surface area contributed by atoms with E-state index in [2.05, 4.69) is 32.7 Å². The van der Waals surface area contributed by atoms with Crippen molar-refractivity contribution in [1.82, 2.24) is 25.5 Å². The molecule has 6 rings (SSSR count). The molecule has 1 aliphatic heterocycles. The van der Waals surface area contributed by atoms with Crippen LogP contribution in [-0.4, -0.2) is 45.4 Å². The van der Waals surface area contributed by atoms with Gasteiger partial charge in [0.25, 0.3) is 5.91 Å². The minimum atomic E-state index is -1.55. The van der Waals surface area contributed by atoms with Gasteiger partial charge >= 0.3 is 0 Å². The average Bonchev–Trinajstić information content (AvgIpc) is 3.65. The maximum Gasteiger partial charge on any atom is 0.262 e. The van der Waals surface area contributed by atoms with Crippen LogP contribution in [0.1, 0.15) is 41.5 Å². The number of aromatic amines is 2. The normalized spacial score (nSPS) is 15.6. The number of benzene rings is 3. The molecule has 8 nitrogen and oxygen atoms in total. The predicted molar refractivity (Wildman–Crippen MR) is 168 cm³/mol. The Morgan fingerprint density at radius 3 is 2.44 bits per heavy atom. The van der Waals surface area contributed by atoms with Crippen molar-refractivity contribution in [2.75, 3.05) is 13.1 Å². The molecule has 1 aliphatic rings. The number of nitrogens with one attached hydrogen (secondary N) is 4. The highest BCUT2D eigenvalue weighted by Crippen LogP contribution is 2.44. The number of carbonyl (C=O) groups is 2. The van der Waals surface area contributed by atoms with Crippen molar-refractivity contribution in [1.29, 1.82) is 5.26 Å². The van der Waals surface area contributed by atoms with E-state index in [1.165, 1.54) is 6.92 Å². The SMILES string of the molecule is CC(=O)NC(C(=O)NCc1ccccc1Cl)(C(c1c[nH]c2ccccc12)c1c[nH]c2ccc(C#N)cc12)N1CC=CCC1. The maximum absolute atomic E-state index is 14.9. The second kappa shape index (κ2) is 11.8. The molecule has 2 atom stereocenters. The molecule has 0 saturated heterocycles. The fraction of sp³-hybridized carbons (Fsp3) is 0.206. The van der Waals surface area contributed by atoms with E-state index in [4.69, 9.17) is 11.6 Å². The number of nitriles is 1. The van der Waals surface area contributed by atoms with Crippen LogP contribution in [0.3, 0.4) is 0 Å². The van der Waals surface area contributed by atoms with Crippen molar-refractivity contribution in [3.63, 3.8) is 0 Å². The topological polar surface area (TPSA) is 117 Å². The number of halogens is 1. The number of fused-ring (bicyclic) bond motifs is 2. The van der Waals surface area contributed by atoms with E-state index in [0.717, 1.165) is 38.5 Å². The Hall–Kier alpha value is -4.84. The van der Waals surface area contributed by atoms with Crippen LogP contribution in [0.5, 0.6) is 0 Å². The predicted octanol–water partition coefficient (Wildman–Crippen LogP) is 5.72. The number of para-hydroxylation sites is 1. The summed E-state index contributed by atoms with van der Waals surface area (Å²) < 4.78 is 0. The third-order valence-corrected chi connectivity index (χ3v) is 8.54. The zero-order valence-electron chi connectivity index (χ0n) is 23.7. The molecule has 4 N–H and O–H groups in total. The lowest BCUT2D eigenvalue weighted by molar-refractivity contribution is -0.143. The highest BCUT2D eigenvalue weighted by Gasteiger charge is 2.53. The van der Waals surface area contributed by atoms with Crippen molar-refractivity contribution in [2.24, 2.45) is 0 Å². The van der Waals surface area contributed by atoms with Crippen LogP contribution >= 0.6 is 11.6 Å². The van der Waals surface area contributed by atoms with E-state index in [1.807, 2.05) is 78.0 Å². The standard InChI is InChI=1S/C34H31ClN6O2/c1-22(42)40-34(41-15-7-2-8-16-41,33(43)39-19-24-9-3-5-11-29(24)35)32(27-20-37-30-12-6-4-10-25(27)30)28-21-38-31-14-13-23(18-36)17-26(28)31/h2-7,9-14,17,20-21,32,37-38H,8,15-16,19H2,1H3,(H,39,43)(H,40,42). The van der Waals surface area contributed by atoms with Gasteiger partial charge < -0.3 is 20.6 Å². The Balaban J connectivity index is 1.62. The average molecular weight is 591 g/mol. The molecule has 2 unspecified atom stereocenters. The molecule has 0 bridgehead atoms. The van der Waals surface area contributed by atoms with Crippen LogP contribution in [-0.2, 0) is 16.1 Å². The molecule has 3 heterocycles. The van der Waals surface area contributed by atoms with Crippen molar-refractivity contribution in [3.05, 3.63) is 119 Å². The quantitative estimate of drug-likeness (QED) is 0.173. The Morgan fingerprint density at radius 2 is 1.72 bits per heavy atom. The van der Waals surface area contributed by atoms with Gasteiger partial charge in [-0.2, -0.15) is 5.26 Å². The summed E-state index contributed by atoms with van der Waals surface area (Å²) in [6.07, 6.45) is 8.63. The molecule has 43 heavy (non-hydrogen) atoms. The van der Waals surface area contributed by atoms with Crippen LogP contribution in [0.4, 0.5) is 0 Å². The van der Waals surface area contributed by atoms with Gasteiger partial charge in [-0.15, -0.1) is 0 Å². The lowest BCUT2D eigenvalue weighted by atomic mass is 9.77. The summed E-state index contributed by atoms with van der Waals surface area (Å²) in [6, 6.07) is 23.0. The molecule has 0 aliphatic carbocycles. The molecule has 0 spiro atoms. The van der Waals surface area contributed by atoms with Gasteiger partial charge in [0.2, 0.25) is 5.91 Å².